The molecule has 4 heteroatoms. The Hall–Kier alpha value is -2.33. The SMILES string of the molecule is CC12CCC(C1)C1(C)Oc3ccc(-c4cc5cc(C(=O)[O-])ccc5s4)cc3C21C. The van der Waals surface area contributed by atoms with Gasteiger partial charge in [0.1, 0.15) is 11.4 Å². The molecule has 3 nitrogen and oxygen atoms in total. The van der Waals surface area contributed by atoms with Crippen molar-refractivity contribution in [3.63, 3.8) is 0 Å². The molecule has 3 aromatic rings. The molecule has 0 radical (unpaired) electrons. The standard InChI is InChI=1S/C25H24O3S/c1-23-9-8-17(13-23)25(3)24(23,2)18-11-14(4-6-19(18)28-25)21-12-16-10-15(22(26)27)5-7-20(16)29-21/h4-7,10-12,17H,8-9,13H2,1-3H3,(H,26,27)/p-1. The van der Waals surface area contributed by atoms with Gasteiger partial charge in [-0.15, -0.1) is 11.3 Å². The number of carboxylic acid groups (broad SMARTS) is 1. The van der Waals surface area contributed by atoms with Gasteiger partial charge in [0, 0.05) is 20.6 Å². The molecule has 148 valence electrons. The Balaban J connectivity index is 1.49. The van der Waals surface area contributed by atoms with Crippen LogP contribution in [0.2, 0.25) is 0 Å². The highest BCUT2D eigenvalue weighted by atomic mass is 32.1. The Morgan fingerprint density at radius 1 is 1.14 bits per heavy atom. The largest absolute Gasteiger partial charge is 0.545 e. The third-order valence-electron chi connectivity index (χ3n) is 8.60. The van der Waals surface area contributed by atoms with E-state index in [4.69, 9.17) is 4.74 Å². The van der Waals surface area contributed by atoms with Crippen LogP contribution in [0.1, 0.15) is 56.0 Å². The molecule has 4 unspecified atom stereocenters. The van der Waals surface area contributed by atoms with Crippen LogP contribution in [-0.2, 0) is 5.41 Å². The lowest BCUT2D eigenvalue weighted by Gasteiger charge is -2.48. The van der Waals surface area contributed by atoms with E-state index in [9.17, 15) is 9.90 Å². The minimum atomic E-state index is -1.13. The molecule has 29 heavy (non-hydrogen) atoms. The topological polar surface area (TPSA) is 49.4 Å². The molecule has 0 amide bonds. The Bertz CT molecular complexity index is 1210. The Morgan fingerprint density at radius 3 is 2.76 bits per heavy atom. The number of rotatable bonds is 2. The van der Waals surface area contributed by atoms with Crippen molar-refractivity contribution in [2.24, 2.45) is 11.3 Å². The molecule has 0 N–H and O–H groups in total. The summed E-state index contributed by atoms with van der Waals surface area (Å²) in [5.41, 5.74) is 2.93. The molecule has 4 atom stereocenters. The molecule has 0 spiro atoms. The van der Waals surface area contributed by atoms with E-state index in [-0.39, 0.29) is 22.0 Å². The van der Waals surface area contributed by atoms with Crippen molar-refractivity contribution in [1.29, 1.82) is 0 Å². The van der Waals surface area contributed by atoms with Crippen LogP contribution >= 0.6 is 11.3 Å². The van der Waals surface area contributed by atoms with Gasteiger partial charge in [-0.1, -0.05) is 19.9 Å². The minimum absolute atomic E-state index is 0.0209. The first-order chi connectivity index (χ1) is 13.7. The number of benzene rings is 2. The number of carbonyl (C=O) groups is 1. The number of ether oxygens (including phenoxy) is 1. The van der Waals surface area contributed by atoms with Gasteiger partial charge in [-0.3, -0.25) is 0 Å². The molecule has 1 aromatic heterocycles. The van der Waals surface area contributed by atoms with E-state index in [2.05, 4.69) is 45.0 Å². The number of hydrogen-bond donors (Lipinski definition) is 0. The summed E-state index contributed by atoms with van der Waals surface area (Å²) in [5, 5.41) is 12.1. The van der Waals surface area contributed by atoms with E-state index in [1.165, 1.54) is 30.4 Å². The van der Waals surface area contributed by atoms with Crippen LogP contribution in [0.25, 0.3) is 20.5 Å². The monoisotopic (exact) mass is 403 g/mol. The van der Waals surface area contributed by atoms with Gasteiger partial charge >= 0.3 is 0 Å². The fraction of sp³-hybridized carbons (Fsp3) is 0.400. The highest BCUT2D eigenvalue weighted by molar-refractivity contribution is 7.22. The number of hydrogen-bond acceptors (Lipinski definition) is 4. The summed E-state index contributed by atoms with van der Waals surface area (Å²) in [5.74, 6) is 0.531. The molecule has 2 bridgehead atoms. The number of aromatic carboxylic acids is 1. The van der Waals surface area contributed by atoms with Crippen LogP contribution in [-0.4, -0.2) is 11.6 Å². The molecule has 1 aliphatic heterocycles. The predicted molar refractivity (Wildman–Crippen MR) is 113 cm³/mol. The first-order valence-electron chi connectivity index (χ1n) is 10.3. The Labute approximate surface area is 174 Å². The zero-order chi connectivity index (χ0) is 20.2. The van der Waals surface area contributed by atoms with Crippen LogP contribution < -0.4 is 9.84 Å². The average molecular weight is 404 g/mol. The van der Waals surface area contributed by atoms with Crippen molar-refractivity contribution in [2.45, 2.75) is 51.0 Å². The van der Waals surface area contributed by atoms with Crippen LogP contribution in [0.3, 0.4) is 0 Å². The van der Waals surface area contributed by atoms with E-state index < -0.39 is 5.97 Å². The van der Waals surface area contributed by atoms with Gasteiger partial charge in [0.2, 0.25) is 0 Å². The summed E-state index contributed by atoms with van der Waals surface area (Å²) in [6.07, 6.45) is 3.78. The molecule has 3 aliphatic rings. The van der Waals surface area contributed by atoms with Gasteiger partial charge in [-0.05, 0) is 90.4 Å². The lowest BCUT2D eigenvalue weighted by molar-refractivity contribution is -0.255. The fourth-order valence-corrected chi connectivity index (χ4v) is 7.69. The first kappa shape index (κ1) is 17.5. The van der Waals surface area contributed by atoms with Gasteiger partial charge in [0.25, 0.3) is 0 Å². The van der Waals surface area contributed by atoms with E-state index >= 15 is 0 Å². The van der Waals surface area contributed by atoms with E-state index in [0.717, 1.165) is 20.7 Å². The van der Waals surface area contributed by atoms with Crippen molar-refractivity contribution in [2.75, 3.05) is 0 Å². The number of carboxylic acids is 1. The fourth-order valence-electron chi connectivity index (χ4n) is 6.65. The summed E-state index contributed by atoms with van der Waals surface area (Å²) >= 11 is 1.70. The lowest BCUT2D eigenvalue weighted by atomic mass is 9.56. The van der Waals surface area contributed by atoms with Crippen molar-refractivity contribution >= 4 is 27.4 Å². The maximum atomic E-state index is 11.2. The molecule has 6 rings (SSSR count). The molecule has 2 heterocycles. The summed E-state index contributed by atoms with van der Waals surface area (Å²) in [4.78, 5) is 12.3. The normalized spacial score (nSPS) is 34.2. The van der Waals surface area contributed by atoms with E-state index in [1.807, 2.05) is 6.07 Å². The molecular weight excluding hydrogens is 380 g/mol. The van der Waals surface area contributed by atoms with Gasteiger partial charge in [0.15, 0.2) is 0 Å². The van der Waals surface area contributed by atoms with Gasteiger partial charge in [-0.25, -0.2) is 0 Å². The number of thiophene rings is 1. The highest BCUT2D eigenvalue weighted by Crippen LogP contribution is 2.73. The molecule has 0 saturated heterocycles. The number of carbonyl (C=O) groups excluding carboxylic acids is 1. The second-order valence-electron chi connectivity index (χ2n) is 9.70. The van der Waals surface area contributed by atoms with Crippen LogP contribution in [0.15, 0.2) is 42.5 Å². The van der Waals surface area contributed by atoms with Crippen LogP contribution in [0.5, 0.6) is 5.75 Å². The third kappa shape index (κ3) is 1.96. The van der Waals surface area contributed by atoms with Crippen LogP contribution in [0, 0.1) is 11.3 Å². The van der Waals surface area contributed by atoms with Crippen LogP contribution in [0.4, 0.5) is 0 Å². The molecule has 2 aliphatic carbocycles. The summed E-state index contributed by atoms with van der Waals surface area (Å²) in [7, 11) is 0. The lowest BCUT2D eigenvalue weighted by Crippen LogP contribution is -2.54. The maximum absolute atomic E-state index is 11.2. The Kier molecular flexibility index (Phi) is 3.16. The zero-order valence-electron chi connectivity index (χ0n) is 16.9. The first-order valence-corrected chi connectivity index (χ1v) is 11.2. The second-order valence-corrected chi connectivity index (χ2v) is 10.8. The molecular formula is C25H23O3S-. The predicted octanol–water partition coefficient (Wildman–Crippen LogP) is 5.16. The molecule has 2 saturated carbocycles. The van der Waals surface area contributed by atoms with E-state index in [1.54, 1.807) is 23.5 Å². The van der Waals surface area contributed by atoms with Crippen molar-refractivity contribution in [3.8, 4) is 16.2 Å². The average Bonchev–Trinajstić information content (AvgIpc) is 3.39. The molecule has 2 fully saturated rings. The summed E-state index contributed by atoms with van der Waals surface area (Å²) < 4.78 is 7.73. The van der Waals surface area contributed by atoms with Gasteiger partial charge in [-0.2, -0.15) is 0 Å². The summed E-state index contributed by atoms with van der Waals surface area (Å²) in [6, 6.07) is 13.9. The molecule has 2 aromatic carbocycles. The van der Waals surface area contributed by atoms with Crippen molar-refractivity contribution < 1.29 is 14.6 Å². The van der Waals surface area contributed by atoms with Gasteiger partial charge in [0.05, 0.1) is 5.97 Å². The minimum Gasteiger partial charge on any atom is -0.545 e. The van der Waals surface area contributed by atoms with E-state index in [0.29, 0.717) is 5.92 Å². The second kappa shape index (κ2) is 5.23. The van der Waals surface area contributed by atoms with Crippen molar-refractivity contribution in [3.05, 3.63) is 53.6 Å². The summed E-state index contributed by atoms with van der Waals surface area (Å²) in [6.45, 7) is 7.19. The smallest absolute Gasteiger partial charge is 0.124 e. The highest BCUT2D eigenvalue weighted by Gasteiger charge is 2.73. The third-order valence-corrected chi connectivity index (χ3v) is 9.76. The zero-order valence-corrected chi connectivity index (χ0v) is 17.7. The van der Waals surface area contributed by atoms with Gasteiger partial charge < -0.3 is 14.6 Å². The number of fused-ring (bicyclic) bond motifs is 8. The quantitative estimate of drug-likeness (QED) is 0.594. The maximum Gasteiger partial charge on any atom is 0.124 e. The Morgan fingerprint density at radius 2 is 1.97 bits per heavy atom. The van der Waals surface area contributed by atoms with Crippen molar-refractivity contribution in [1.82, 2.24) is 0 Å².